The molecule has 30 heavy (non-hydrogen) atoms. The number of rotatable bonds is 6. The fraction of sp³-hybridized carbons (Fsp3) is 0.391. The van der Waals surface area contributed by atoms with Crippen LogP contribution in [-0.2, 0) is 0 Å². The molecule has 1 aliphatic heterocycles. The van der Waals surface area contributed by atoms with Crippen molar-refractivity contribution in [1.29, 1.82) is 0 Å². The van der Waals surface area contributed by atoms with Crippen LogP contribution in [0.2, 0.25) is 0 Å². The number of likely N-dealkylation sites (N-methyl/N-ethyl adjacent to an activating group) is 1. The van der Waals surface area contributed by atoms with Gasteiger partial charge >= 0.3 is 0 Å². The van der Waals surface area contributed by atoms with Gasteiger partial charge in [-0.05, 0) is 49.0 Å². The fourth-order valence-electron chi connectivity index (χ4n) is 4.07. The standard InChI is InChI=1S/C23H28N4OS2/c1-4-26-10-12-27(13-11-26)21(18-7-5-9-24-15-18)20-16(2)17(3)30-23(20)25-22(28)19-8-6-14-29-19/h5-9,14-15,21H,4,10-13H2,1-3H3,(H,25,28)/t21-/m1/s1. The Balaban J connectivity index is 1.72. The van der Waals surface area contributed by atoms with Crippen molar-refractivity contribution in [1.82, 2.24) is 14.8 Å². The molecule has 1 atom stereocenters. The van der Waals surface area contributed by atoms with Gasteiger partial charge in [0.1, 0.15) is 5.00 Å². The van der Waals surface area contributed by atoms with Gasteiger partial charge in [-0.25, -0.2) is 0 Å². The van der Waals surface area contributed by atoms with Gasteiger partial charge in [0.05, 0.1) is 10.9 Å². The molecule has 0 aromatic carbocycles. The second kappa shape index (κ2) is 9.39. The highest BCUT2D eigenvalue weighted by Crippen LogP contribution is 2.42. The zero-order valence-corrected chi connectivity index (χ0v) is 19.4. The highest BCUT2D eigenvalue weighted by atomic mass is 32.1. The molecule has 1 amide bonds. The number of piperazine rings is 1. The van der Waals surface area contributed by atoms with Crippen molar-refractivity contribution in [2.24, 2.45) is 0 Å². The summed E-state index contributed by atoms with van der Waals surface area (Å²) in [4.78, 5) is 24.3. The number of pyridine rings is 1. The van der Waals surface area contributed by atoms with Crippen LogP contribution in [0.1, 0.15) is 44.2 Å². The minimum Gasteiger partial charge on any atom is -0.313 e. The molecular weight excluding hydrogens is 412 g/mol. The molecule has 0 spiro atoms. The Kier molecular flexibility index (Phi) is 6.63. The summed E-state index contributed by atoms with van der Waals surface area (Å²) in [6.07, 6.45) is 3.79. The van der Waals surface area contributed by atoms with Gasteiger partial charge in [0, 0.05) is 49.0 Å². The van der Waals surface area contributed by atoms with E-state index in [1.54, 1.807) is 11.3 Å². The van der Waals surface area contributed by atoms with Gasteiger partial charge in [-0.15, -0.1) is 22.7 Å². The maximum Gasteiger partial charge on any atom is 0.266 e. The first-order chi connectivity index (χ1) is 14.6. The van der Waals surface area contributed by atoms with E-state index < -0.39 is 0 Å². The third kappa shape index (κ3) is 4.34. The lowest BCUT2D eigenvalue weighted by molar-refractivity contribution is 0.102. The van der Waals surface area contributed by atoms with Crippen molar-refractivity contribution in [2.75, 3.05) is 38.0 Å². The zero-order chi connectivity index (χ0) is 21.1. The Morgan fingerprint density at radius 2 is 2.00 bits per heavy atom. The summed E-state index contributed by atoms with van der Waals surface area (Å²) in [5, 5.41) is 6.11. The molecule has 0 radical (unpaired) electrons. The normalized spacial score (nSPS) is 16.5. The predicted octanol–water partition coefficient (Wildman–Crippen LogP) is 4.80. The van der Waals surface area contributed by atoms with Crippen molar-refractivity contribution in [3.05, 3.63) is 68.5 Å². The first-order valence-electron chi connectivity index (χ1n) is 10.4. The van der Waals surface area contributed by atoms with Gasteiger partial charge in [-0.1, -0.05) is 19.1 Å². The number of thiophene rings is 2. The van der Waals surface area contributed by atoms with Crippen LogP contribution in [0.25, 0.3) is 0 Å². The second-order valence-corrected chi connectivity index (χ2v) is 9.79. The average Bonchev–Trinajstić information content (AvgIpc) is 3.40. The Morgan fingerprint density at radius 3 is 2.63 bits per heavy atom. The number of anilines is 1. The predicted molar refractivity (Wildman–Crippen MR) is 126 cm³/mol. The van der Waals surface area contributed by atoms with E-state index in [2.05, 4.69) is 46.9 Å². The lowest BCUT2D eigenvalue weighted by Crippen LogP contribution is -2.47. The van der Waals surface area contributed by atoms with E-state index in [0.717, 1.165) is 42.6 Å². The summed E-state index contributed by atoms with van der Waals surface area (Å²) in [5.74, 6) is -0.0340. The summed E-state index contributed by atoms with van der Waals surface area (Å²) in [5.41, 5.74) is 3.64. The lowest BCUT2D eigenvalue weighted by atomic mass is 9.95. The van der Waals surface area contributed by atoms with E-state index in [0.29, 0.717) is 0 Å². The van der Waals surface area contributed by atoms with Crippen molar-refractivity contribution in [3.8, 4) is 0 Å². The molecule has 1 fully saturated rings. The van der Waals surface area contributed by atoms with E-state index in [4.69, 9.17) is 0 Å². The Labute approximate surface area is 186 Å². The highest BCUT2D eigenvalue weighted by Gasteiger charge is 2.31. The van der Waals surface area contributed by atoms with E-state index in [-0.39, 0.29) is 11.9 Å². The molecule has 158 valence electrons. The number of hydrogen-bond donors (Lipinski definition) is 1. The number of hydrogen-bond acceptors (Lipinski definition) is 6. The van der Waals surface area contributed by atoms with Crippen LogP contribution in [0.3, 0.4) is 0 Å². The first kappa shape index (κ1) is 21.2. The second-order valence-electron chi connectivity index (χ2n) is 7.62. The van der Waals surface area contributed by atoms with Crippen molar-refractivity contribution >= 4 is 33.6 Å². The minimum absolute atomic E-state index is 0.0340. The summed E-state index contributed by atoms with van der Waals surface area (Å²) >= 11 is 3.14. The van der Waals surface area contributed by atoms with E-state index in [9.17, 15) is 4.79 Å². The molecule has 1 aliphatic rings. The number of carbonyl (C=O) groups excluding carboxylic acids is 1. The van der Waals surface area contributed by atoms with Gasteiger partial charge in [0.15, 0.2) is 0 Å². The highest BCUT2D eigenvalue weighted by molar-refractivity contribution is 7.17. The zero-order valence-electron chi connectivity index (χ0n) is 17.7. The van der Waals surface area contributed by atoms with Crippen LogP contribution in [-0.4, -0.2) is 53.4 Å². The summed E-state index contributed by atoms with van der Waals surface area (Å²) in [7, 11) is 0. The van der Waals surface area contributed by atoms with Crippen LogP contribution in [0.4, 0.5) is 5.00 Å². The molecule has 7 heteroatoms. The quantitative estimate of drug-likeness (QED) is 0.598. The minimum atomic E-state index is -0.0340. The molecular formula is C23H28N4OS2. The van der Waals surface area contributed by atoms with Crippen LogP contribution >= 0.6 is 22.7 Å². The third-order valence-corrected chi connectivity index (χ3v) is 7.90. The summed E-state index contributed by atoms with van der Waals surface area (Å²) < 4.78 is 0. The number of aryl methyl sites for hydroxylation is 1. The number of carbonyl (C=O) groups is 1. The molecule has 4 heterocycles. The Bertz CT molecular complexity index is 976. The first-order valence-corrected chi connectivity index (χ1v) is 12.1. The number of amides is 1. The molecule has 0 saturated carbocycles. The van der Waals surface area contributed by atoms with E-state index in [1.165, 1.54) is 32.9 Å². The van der Waals surface area contributed by atoms with Gasteiger partial charge < -0.3 is 10.2 Å². The summed E-state index contributed by atoms with van der Waals surface area (Å²) in [6, 6.07) is 8.03. The van der Waals surface area contributed by atoms with Gasteiger partial charge in [0.2, 0.25) is 0 Å². The van der Waals surface area contributed by atoms with Gasteiger partial charge in [-0.2, -0.15) is 0 Å². The van der Waals surface area contributed by atoms with Gasteiger partial charge in [-0.3, -0.25) is 14.7 Å². The maximum atomic E-state index is 12.8. The summed E-state index contributed by atoms with van der Waals surface area (Å²) in [6.45, 7) is 11.7. The molecule has 0 aliphatic carbocycles. The number of aromatic nitrogens is 1. The molecule has 5 nitrogen and oxygen atoms in total. The van der Waals surface area contributed by atoms with Crippen molar-refractivity contribution in [3.63, 3.8) is 0 Å². The van der Waals surface area contributed by atoms with Crippen LogP contribution in [0.15, 0.2) is 42.0 Å². The number of nitrogens with one attached hydrogen (secondary N) is 1. The van der Waals surface area contributed by atoms with Gasteiger partial charge in [0.25, 0.3) is 5.91 Å². The molecule has 1 saturated heterocycles. The van der Waals surface area contributed by atoms with E-state index in [1.807, 2.05) is 36.0 Å². The Hall–Kier alpha value is -2.06. The number of nitrogens with zero attached hydrogens (tertiary/aromatic N) is 3. The lowest BCUT2D eigenvalue weighted by Gasteiger charge is -2.39. The average molecular weight is 441 g/mol. The van der Waals surface area contributed by atoms with E-state index >= 15 is 0 Å². The van der Waals surface area contributed by atoms with Crippen molar-refractivity contribution in [2.45, 2.75) is 26.8 Å². The third-order valence-electron chi connectivity index (χ3n) is 5.90. The van der Waals surface area contributed by atoms with Crippen LogP contribution in [0, 0.1) is 13.8 Å². The topological polar surface area (TPSA) is 48.5 Å². The fourth-order valence-corrected chi connectivity index (χ4v) is 5.78. The Morgan fingerprint density at radius 1 is 1.20 bits per heavy atom. The largest absolute Gasteiger partial charge is 0.313 e. The molecule has 3 aromatic rings. The SMILES string of the molecule is CCN1CCN([C@H](c2cccnc2)c2c(NC(=O)c3cccs3)sc(C)c2C)CC1. The molecule has 3 aromatic heterocycles. The molecule has 0 bridgehead atoms. The molecule has 4 rings (SSSR count). The maximum absolute atomic E-state index is 12.8. The smallest absolute Gasteiger partial charge is 0.266 e. The monoisotopic (exact) mass is 440 g/mol. The van der Waals surface area contributed by atoms with Crippen molar-refractivity contribution < 1.29 is 4.79 Å². The molecule has 0 unspecified atom stereocenters. The molecule has 1 N–H and O–H groups in total. The van der Waals surface area contributed by atoms with Crippen LogP contribution in [0.5, 0.6) is 0 Å². The van der Waals surface area contributed by atoms with Crippen LogP contribution < -0.4 is 5.32 Å².